The highest BCUT2D eigenvalue weighted by Gasteiger charge is 1.88. The van der Waals surface area contributed by atoms with Gasteiger partial charge in [0.2, 0.25) is 0 Å². The molecule has 0 aromatic rings. The van der Waals surface area contributed by atoms with Crippen molar-refractivity contribution in [3.8, 4) is 0 Å². The zero-order valence-corrected chi connectivity index (χ0v) is 12.9. The Bertz CT molecular complexity index is 151. The number of hydrogen-bond acceptors (Lipinski definition) is 3. The monoisotopic (exact) mass is 272 g/mol. The van der Waals surface area contributed by atoms with E-state index in [0.29, 0.717) is 13.2 Å². The van der Waals surface area contributed by atoms with Crippen LogP contribution in [0.3, 0.4) is 0 Å². The molecule has 0 bridgehead atoms. The Morgan fingerprint density at radius 1 is 0.684 bits per heavy atom. The lowest BCUT2D eigenvalue weighted by Crippen LogP contribution is -2.05. The van der Waals surface area contributed by atoms with E-state index in [1.165, 1.54) is 12.8 Å². The van der Waals surface area contributed by atoms with Gasteiger partial charge in [0.1, 0.15) is 0 Å². The molecule has 0 amide bonds. The maximum Gasteiger partial charge on any atom is 0.0700 e. The van der Waals surface area contributed by atoms with Crippen molar-refractivity contribution in [2.45, 2.75) is 39.5 Å². The van der Waals surface area contributed by atoms with Crippen LogP contribution in [0.15, 0.2) is 25.3 Å². The summed E-state index contributed by atoms with van der Waals surface area (Å²) in [5.74, 6) is 0. The molecule has 0 unspecified atom stereocenters. The Labute approximate surface area is 119 Å². The van der Waals surface area contributed by atoms with E-state index in [-0.39, 0.29) is 0 Å². The van der Waals surface area contributed by atoms with Crippen LogP contribution >= 0.6 is 0 Å². The SMILES string of the molecule is C=CCOCC=C.CCCCOCCOCCCC. The van der Waals surface area contributed by atoms with Gasteiger partial charge in [-0.25, -0.2) is 0 Å². The molecule has 0 aliphatic rings. The molecule has 0 aliphatic heterocycles. The summed E-state index contributed by atoms with van der Waals surface area (Å²) in [6, 6.07) is 0. The molecular weight excluding hydrogens is 240 g/mol. The van der Waals surface area contributed by atoms with Gasteiger partial charge >= 0.3 is 0 Å². The quantitative estimate of drug-likeness (QED) is 0.375. The summed E-state index contributed by atoms with van der Waals surface area (Å²) in [5.41, 5.74) is 0. The summed E-state index contributed by atoms with van der Waals surface area (Å²) in [5, 5.41) is 0. The number of hydrogen-bond donors (Lipinski definition) is 0. The van der Waals surface area contributed by atoms with E-state index in [4.69, 9.17) is 14.2 Å². The molecule has 114 valence electrons. The van der Waals surface area contributed by atoms with Crippen molar-refractivity contribution < 1.29 is 14.2 Å². The predicted octanol–water partition coefficient (Wildman–Crippen LogP) is 3.99. The Morgan fingerprint density at radius 3 is 1.42 bits per heavy atom. The van der Waals surface area contributed by atoms with Crippen LogP contribution < -0.4 is 0 Å². The molecule has 0 N–H and O–H groups in total. The summed E-state index contributed by atoms with van der Waals surface area (Å²) >= 11 is 0. The van der Waals surface area contributed by atoms with Gasteiger partial charge in [-0.15, -0.1) is 13.2 Å². The second kappa shape index (κ2) is 22.5. The van der Waals surface area contributed by atoms with E-state index in [1.807, 2.05) is 0 Å². The lowest BCUT2D eigenvalue weighted by molar-refractivity contribution is 0.0457. The second-order valence-corrected chi connectivity index (χ2v) is 4.05. The fraction of sp³-hybridized carbons (Fsp3) is 0.750. The zero-order chi connectivity index (χ0) is 14.6. The van der Waals surface area contributed by atoms with Crippen molar-refractivity contribution in [3.05, 3.63) is 25.3 Å². The minimum atomic E-state index is 0.617. The van der Waals surface area contributed by atoms with E-state index in [0.717, 1.165) is 39.3 Å². The van der Waals surface area contributed by atoms with Crippen LogP contribution in [-0.2, 0) is 14.2 Å². The number of ether oxygens (including phenoxy) is 3. The van der Waals surface area contributed by atoms with Gasteiger partial charge < -0.3 is 14.2 Å². The Hall–Kier alpha value is -0.640. The van der Waals surface area contributed by atoms with Crippen molar-refractivity contribution in [1.82, 2.24) is 0 Å². The lowest BCUT2D eigenvalue weighted by Gasteiger charge is -2.03. The molecule has 0 saturated heterocycles. The average molecular weight is 272 g/mol. The lowest BCUT2D eigenvalue weighted by atomic mass is 10.4. The van der Waals surface area contributed by atoms with E-state index in [2.05, 4.69) is 27.0 Å². The molecule has 0 aromatic heterocycles. The topological polar surface area (TPSA) is 27.7 Å². The first kappa shape index (κ1) is 20.7. The van der Waals surface area contributed by atoms with Gasteiger partial charge in [-0.1, -0.05) is 38.8 Å². The van der Waals surface area contributed by atoms with Gasteiger partial charge in [-0.3, -0.25) is 0 Å². The summed E-state index contributed by atoms with van der Waals surface area (Å²) in [6.07, 6.45) is 8.16. The third kappa shape index (κ3) is 26.8. The zero-order valence-electron chi connectivity index (χ0n) is 12.9. The third-order valence-corrected chi connectivity index (χ3v) is 2.13. The van der Waals surface area contributed by atoms with Crippen molar-refractivity contribution in [2.24, 2.45) is 0 Å². The van der Waals surface area contributed by atoms with E-state index in [1.54, 1.807) is 12.2 Å². The van der Waals surface area contributed by atoms with Crippen molar-refractivity contribution in [2.75, 3.05) is 39.6 Å². The van der Waals surface area contributed by atoms with E-state index < -0.39 is 0 Å². The van der Waals surface area contributed by atoms with Crippen LogP contribution in [0.25, 0.3) is 0 Å². The molecule has 0 aromatic carbocycles. The summed E-state index contributed by atoms with van der Waals surface area (Å²) in [6.45, 7) is 15.8. The van der Waals surface area contributed by atoms with Crippen molar-refractivity contribution in [3.63, 3.8) is 0 Å². The van der Waals surface area contributed by atoms with Gasteiger partial charge in [0.05, 0.1) is 26.4 Å². The molecule has 0 aliphatic carbocycles. The van der Waals surface area contributed by atoms with Gasteiger partial charge in [-0.2, -0.15) is 0 Å². The average Bonchev–Trinajstić information content (AvgIpc) is 2.43. The summed E-state index contributed by atoms with van der Waals surface area (Å²) in [7, 11) is 0. The molecule has 0 heterocycles. The highest BCUT2D eigenvalue weighted by molar-refractivity contribution is 4.68. The molecule has 3 heteroatoms. The van der Waals surface area contributed by atoms with Crippen molar-refractivity contribution in [1.29, 1.82) is 0 Å². The minimum absolute atomic E-state index is 0.617. The largest absolute Gasteiger partial charge is 0.379 e. The van der Waals surface area contributed by atoms with Crippen LogP contribution in [0.5, 0.6) is 0 Å². The van der Waals surface area contributed by atoms with Gasteiger partial charge in [0.25, 0.3) is 0 Å². The predicted molar refractivity (Wildman–Crippen MR) is 82.7 cm³/mol. The standard InChI is InChI=1S/C10H22O2.C6H10O/c1-3-5-7-11-9-10-12-8-6-4-2;1-3-5-7-6-4-2/h3-10H2,1-2H3;3-4H,1-2,5-6H2. The van der Waals surface area contributed by atoms with Crippen LogP contribution in [0.4, 0.5) is 0 Å². The van der Waals surface area contributed by atoms with Crippen LogP contribution in [0, 0.1) is 0 Å². The Kier molecular flexibility index (Phi) is 24.5. The van der Waals surface area contributed by atoms with Gasteiger partial charge in [-0.05, 0) is 12.8 Å². The molecule has 0 radical (unpaired) electrons. The first-order valence-electron chi connectivity index (χ1n) is 7.28. The minimum Gasteiger partial charge on any atom is -0.379 e. The third-order valence-electron chi connectivity index (χ3n) is 2.13. The molecular formula is C16H32O3. The fourth-order valence-corrected chi connectivity index (χ4v) is 1.05. The maximum atomic E-state index is 5.33. The summed E-state index contributed by atoms with van der Waals surface area (Å²) < 4.78 is 15.6. The van der Waals surface area contributed by atoms with Crippen LogP contribution in [-0.4, -0.2) is 39.6 Å². The van der Waals surface area contributed by atoms with E-state index in [9.17, 15) is 0 Å². The Balaban J connectivity index is 0. The number of rotatable bonds is 13. The first-order chi connectivity index (χ1) is 9.33. The molecule has 3 nitrogen and oxygen atoms in total. The smallest absolute Gasteiger partial charge is 0.0700 e. The van der Waals surface area contributed by atoms with Crippen LogP contribution in [0.1, 0.15) is 39.5 Å². The van der Waals surface area contributed by atoms with Crippen molar-refractivity contribution >= 4 is 0 Å². The molecule has 0 atom stereocenters. The molecule has 0 rings (SSSR count). The fourth-order valence-electron chi connectivity index (χ4n) is 1.05. The molecule has 0 saturated carbocycles. The molecule has 0 fully saturated rings. The first-order valence-corrected chi connectivity index (χ1v) is 7.28. The number of unbranched alkanes of at least 4 members (excludes halogenated alkanes) is 2. The van der Waals surface area contributed by atoms with Gasteiger partial charge in [0, 0.05) is 13.2 Å². The second-order valence-electron chi connectivity index (χ2n) is 4.05. The highest BCUT2D eigenvalue weighted by atomic mass is 16.5. The normalized spacial score (nSPS) is 9.58. The van der Waals surface area contributed by atoms with E-state index >= 15 is 0 Å². The van der Waals surface area contributed by atoms with Crippen LogP contribution in [0.2, 0.25) is 0 Å². The summed E-state index contributed by atoms with van der Waals surface area (Å²) in [4.78, 5) is 0. The Morgan fingerprint density at radius 2 is 1.11 bits per heavy atom. The molecule has 0 spiro atoms. The maximum absolute atomic E-state index is 5.33. The highest BCUT2D eigenvalue weighted by Crippen LogP contribution is 1.90. The van der Waals surface area contributed by atoms with Gasteiger partial charge in [0.15, 0.2) is 0 Å². The molecule has 19 heavy (non-hydrogen) atoms.